The highest BCUT2D eigenvalue weighted by Crippen LogP contribution is 2.18. The first kappa shape index (κ1) is 13.3. The Balaban J connectivity index is 2.10. The van der Waals surface area contributed by atoms with E-state index in [1.165, 1.54) is 0 Å². The maximum Gasteiger partial charge on any atom is 0.248 e. The van der Waals surface area contributed by atoms with Gasteiger partial charge >= 0.3 is 0 Å². The smallest absolute Gasteiger partial charge is 0.248 e. The minimum Gasteiger partial charge on any atom is -0.361 e. The Morgan fingerprint density at radius 1 is 1.47 bits per heavy atom. The molecule has 2 rings (SSSR count). The van der Waals surface area contributed by atoms with Gasteiger partial charge in [0.15, 0.2) is 0 Å². The zero-order valence-electron chi connectivity index (χ0n) is 10.2. The molecule has 0 aliphatic heterocycles. The second-order valence-electron chi connectivity index (χ2n) is 4.11. The van der Waals surface area contributed by atoms with Crippen LogP contribution in [0, 0.1) is 0 Å². The predicted molar refractivity (Wildman–Crippen MR) is 69.8 cm³/mol. The summed E-state index contributed by atoms with van der Waals surface area (Å²) in [5.41, 5.74) is 1.93. The fourth-order valence-electron chi connectivity index (χ4n) is 1.95. The highest BCUT2D eigenvalue weighted by Gasteiger charge is 2.15. The van der Waals surface area contributed by atoms with E-state index in [4.69, 9.17) is 5.90 Å². The van der Waals surface area contributed by atoms with Crippen molar-refractivity contribution >= 4 is 23.1 Å². The van der Waals surface area contributed by atoms with Crippen LogP contribution < -0.4 is 11.2 Å². The van der Waals surface area contributed by atoms with Crippen LogP contribution in [0.2, 0.25) is 0 Å². The second kappa shape index (κ2) is 6.12. The number of nitrogens with one attached hydrogen (secondary N) is 2. The van der Waals surface area contributed by atoms with Gasteiger partial charge in [-0.3, -0.25) is 14.4 Å². The summed E-state index contributed by atoms with van der Waals surface area (Å²) >= 11 is 0. The van der Waals surface area contributed by atoms with Gasteiger partial charge in [0.1, 0.15) is 6.61 Å². The van der Waals surface area contributed by atoms with Crippen molar-refractivity contribution in [2.24, 2.45) is 5.90 Å². The molecule has 0 saturated carbocycles. The number of benzene rings is 1. The van der Waals surface area contributed by atoms with Crippen LogP contribution in [0.15, 0.2) is 30.5 Å². The van der Waals surface area contributed by atoms with E-state index in [0.29, 0.717) is 6.42 Å². The average Bonchev–Trinajstić information content (AvgIpc) is 2.82. The van der Waals surface area contributed by atoms with E-state index >= 15 is 0 Å². The van der Waals surface area contributed by atoms with Crippen LogP contribution in [0.3, 0.4) is 0 Å². The fourth-order valence-corrected chi connectivity index (χ4v) is 1.95. The molecule has 19 heavy (non-hydrogen) atoms. The largest absolute Gasteiger partial charge is 0.361 e. The molecule has 0 fully saturated rings. The highest BCUT2D eigenvalue weighted by molar-refractivity contribution is 5.84. The zero-order chi connectivity index (χ0) is 13.7. The van der Waals surface area contributed by atoms with Gasteiger partial charge in [0.2, 0.25) is 12.2 Å². The molecule has 4 N–H and O–H groups in total. The molecule has 1 aromatic heterocycles. The second-order valence-corrected chi connectivity index (χ2v) is 4.11. The summed E-state index contributed by atoms with van der Waals surface area (Å²) < 4.78 is 0. The molecular formula is C13H14N3O3. The number of carbonyl (C=O) groups is 1. The summed E-state index contributed by atoms with van der Waals surface area (Å²) in [6.07, 6.45) is 3.99. The molecular weight excluding hydrogens is 246 g/mol. The fraction of sp³-hybridized carbons (Fsp3) is 0.231. The third-order valence-corrected chi connectivity index (χ3v) is 2.79. The molecule has 0 saturated heterocycles. The molecule has 1 amide bonds. The number of carbonyl (C=O) groups excluding carboxylic acids is 2. The number of hydrogen-bond donors (Lipinski definition) is 3. The van der Waals surface area contributed by atoms with E-state index in [1.807, 2.05) is 30.5 Å². The Hall–Kier alpha value is -2.18. The van der Waals surface area contributed by atoms with Gasteiger partial charge < -0.3 is 10.3 Å². The van der Waals surface area contributed by atoms with Gasteiger partial charge in [-0.25, -0.2) is 5.90 Å². The lowest BCUT2D eigenvalue weighted by Crippen LogP contribution is -2.40. The van der Waals surface area contributed by atoms with Crippen molar-refractivity contribution < 1.29 is 14.4 Å². The average molecular weight is 260 g/mol. The van der Waals surface area contributed by atoms with Gasteiger partial charge in [0.25, 0.3) is 0 Å². The van der Waals surface area contributed by atoms with Crippen molar-refractivity contribution in [2.45, 2.75) is 12.5 Å². The number of aromatic nitrogens is 1. The van der Waals surface area contributed by atoms with Crippen LogP contribution in [-0.2, 0) is 20.8 Å². The molecule has 1 aromatic carbocycles. The van der Waals surface area contributed by atoms with Crippen LogP contribution in [0.1, 0.15) is 5.56 Å². The van der Waals surface area contributed by atoms with Crippen LogP contribution in [0.5, 0.6) is 0 Å². The lowest BCUT2D eigenvalue weighted by Gasteiger charge is -2.10. The van der Waals surface area contributed by atoms with Gasteiger partial charge in [-0.1, -0.05) is 18.2 Å². The van der Waals surface area contributed by atoms with Crippen molar-refractivity contribution in [3.63, 3.8) is 0 Å². The number of amides is 1. The third-order valence-electron chi connectivity index (χ3n) is 2.79. The molecule has 1 unspecified atom stereocenters. The summed E-state index contributed by atoms with van der Waals surface area (Å²) in [5, 5.41) is 3.51. The van der Waals surface area contributed by atoms with Crippen LogP contribution in [0.4, 0.5) is 0 Å². The van der Waals surface area contributed by atoms with E-state index in [9.17, 15) is 9.59 Å². The topological polar surface area (TPSA) is 97.2 Å². The number of para-hydroxylation sites is 1. The third kappa shape index (κ3) is 3.18. The van der Waals surface area contributed by atoms with Crippen molar-refractivity contribution in [3.05, 3.63) is 36.0 Å². The van der Waals surface area contributed by atoms with Gasteiger partial charge in [-0.2, -0.15) is 0 Å². The normalized spacial score (nSPS) is 12.3. The maximum absolute atomic E-state index is 11.3. The van der Waals surface area contributed by atoms with E-state index in [1.54, 1.807) is 6.29 Å². The molecule has 0 spiro atoms. The lowest BCUT2D eigenvalue weighted by atomic mass is 10.1. The quantitative estimate of drug-likeness (QED) is 0.646. The van der Waals surface area contributed by atoms with Crippen molar-refractivity contribution in [2.75, 3.05) is 6.61 Å². The Morgan fingerprint density at radius 2 is 2.26 bits per heavy atom. The summed E-state index contributed by atoms with van der Waals surface area (Å²) in [6, 6.07) is 7.02. The summed E-state index contributed by atoms with van der Waals surface area (Å²) in [5.74, 6) is 4.34. The van der Waals surface area contributed by atoms with Crippen LogP contribution >= 0.6 is 0 Å². The summed E-state index contributed by atoms with van der Waals surface area (Å²) in [7, 11) is 0. The van der Waals surface area contributed by atoms with Crippen molar-refractivity contribution in [3.8, 4) is 0 Å². The molecule has 1 radical (unpaired) electrons. The van der Waals surface area contributed by atoms with Gasteiger partial charge in [-0.05, 0) is 11.6 Å². The molecule has 0 aliphatic rings. The lowest BCUT2D eigenvalue weighted by molar-refractivity contribution is -0.126. The summed E-state index contributed by atoms with van der Waals surface area (Å²) in [6.45, 7) is -0.286. The van der Waals surface area contributed by atoms with E-state index < -0.39 is 11.9 Å². The van der Waals surface area contributed by atoms with Crippen molar-refractivity contribution in [1.29, 1.82) is 0 Å². The first-order valence-electron chi connectivity index (χ1n) is 5.78. The Labute approximate surface area is 109 Å². The number of aromatic amines is 1. The number of nitrogens with two attached hydrogens (primary N) is 1. The minimum absolute atomic E-state index is 0.286. The molecule has 0 bridgehead atoms. The van der Waals surface area contributed by atoms with Crippen LogP contribution in [-0.4, -0.2) is 29.8 Å². The first-order valence-corrected chi connectivity index (χ1v) is 5.78. The maximum atomic E-state index is 11.3. The van der Waals surface area contributed by atoms with Gasteiger partial charge in [0, 0.05) is 23.5 Å². The first-order chi connectivity index (χ1) is 9.24. The van der Waals surface area contributed by atoms with Gasteiger partial charge in [-0.15, -0.1) is 0 Å². The number of fused-ring (bicyclic) bond motifs is 1. The minimum atomic E-state index is -0.721. The predicted octanol–water partition coefficient (Wildman–Crippen LogP) is 0.195. The monoisotopic (exact) mass is 260 g/mol. The van der Waals surface area contributed by atoms with Crippen molar-refractivity contribution in [1.82, 2.24) is 10.3 Å². The zero-order valence-corrected chi connectivity index (χ0v) is 10.2. The molecule has 2 aromatic rings. The standard InChI is InChI=1S/C13H14N3O3/c14-19-8-13(18)16-10(7-17)5-9-6-15-12-4-2-1-3-11(9)12/h1-4,6,10,15H,5,8,14H2,(H,16,18). The van der Waals surface area contributed by atoms with E-state index in [2.05, 4.69) is 15.1 Å². The number of H-pyrrole nitrogens is 1. The molecule has 6 heteroatoms. The Bertz CT molecular complexity index is 579. The van der Waals surface area contributed by atoms with Crippen LogP contribution in [0.25, 0.3) is 10.9 Å². The van der Waals surface area contributed by atoms with Gasteiger partial charge in [0.05, 0.1) is 6.04 Å². The molecule has 0 aliphatic carbocycles. The highest BCUT2D eigenvalue weighted by atomic mass is 16.6. The summed E-state index contributed by atoms with van der Waals surface area (Å²) in [4.78, 5) is 29.5. The van der Waals surface area contributed by atoms with E-state index in [0.717, 1.165) is 16.5 Å². The molecule has 1 heterocycles. The molecule has 1 atom stereocenters. The molecule has 6 nitrogen and oxygen atoms in total. The SMILES string of the molecule is NOCC(=O)NC([C]=O)Cc1c[nH]c2ccccc12. The Kier molecular flexibility index (Phi) is 4.27. The number of hydrogen-bond acceptors (Lipinski definition) is 4. The molecule has 99 valence electrons. The Morgan fingerprint density at radius 3 is 3.00 bits per heavy atom. The van der Waals surface area contributed by atoms with E-state index in [-0.39, 0.29) is 6.61 Å². The number of rotatable bonds is 6.